The van der Waals surface area contributed by atoms with E-state index in [2.05, 4.69) is 18.2 Å². The number of benzene rings is 2. The third-order valence-corrected chi connectivity index (χ3v) is 5.20. The molecule has 3 aliphatic rings. The maximum atomic E-state index is 12.7. The lowest BCUT2D eigenvalue weighted by Gasteiger charge is -2.40. The van der Waals surface area contributed by atoms with E-state index in [0.29, 0.717) is 19.8 Å². The molecule has 2 aromatic rings. The third kappa shape index (κ3) is 1.62. The molecule has 0 saturated carbocycles. The highest BCUT2D eigenvalue weighted by molar-refractivity contribution is 6.03. The molecular weight excluding hydrogens is 278 g/mol. The second-order valence-corrected chi connectivity index (χ2v) is 6.36. The van der Waals surface area contributed by atoms with E-state index in [9.17, 15) is 4.79 Å². The van der Waals surface area contributed by atoms with E-state index in [4.69, 9.17) is 9.47 Å². The minimum Gasteiger partial charge on any atom is -0.347 e. The number of hydrogen-bond acceptors (Lipinski definition) is 3. The number of fused-ring (bicyclic) bond motifs is 4. The Kier molecular flexibility index (Phi) is 2.47. The Balaban J connectivity index is 1.63. The third-order valence-electron chi connectivity index (χ3n) is 5.20. The summed E-state index contributed by atoms with van der Waals surface area (Å²) in [6.45, 7) is 2.02. The van der Waals surface area contributed by atoms with Crippen LogP contribution in [0, 0.1) is 0 Å². The van der Waals surface area contributed by atoms with Gasteiger partial charge in [0.1, 0.15) is 0 Å². The van der Waals surface area contributed by atoms with E-state index in [1.165, 1.54) is 5.39 Å². The summed E-state index contributed by atoms with van der Waals surface area (Å²) in [5, 5.41) is 2.31. The van der Waals surface area contributed by atoms with Gasteiger partial charge in [0.15, 0.2) is 5.79 Å². The van der Waals surface area contributed by atoms with Gasteiger partial charge in [-0.1, -0.05) is 24.3 Å². The van der Waals surface area contributed by atoms with Crippen LogP contribution < -0.4 is 0 Å². The van der Waals surface area contributed by atoms with Gasteiger partial charge in [0.2, 0.25) is 0 Å². The van der Waals surface area contributed by atoms with Crippen molar-refractivity contribution in [2.75, 3.05) is 19.8 Å². The fourth-order valence-corrected chi connectivity index (χ4v) is 4.11. The van der Waals surface area contributed by atoms with E-state index in [-0.39, 0.29) is 11.9 Å². The first-order chi connectivity index (χ1) is 10.8. The molecule has 2 saturated heterocycles. The Morgan fingerprint density at radius 3 is 2.59 bits per heavy atom. The smallest absolute Gasteiger partial charge is 0.254 e. The monoisotopic (exact) mass is 295 g/mol. The molecule has 2 fully saturated rings. The number of carbonyl (C=O) groups excluding carboxylic acids is 1. The summed E-state index contributed by atoms with van der Waals surface area (Å²) < 4.78 is 11.7. The number of amides is 1. The first kappa shape index (κ1) is 12.6. The highest BCUT2D eigenvalue weighted by Gasteiger charge is 2.49. The Morgan fingerprint density at radius 1 is 1.09 bits per heavy atom. The van der Waals surface area contributed by atoms with Gasteiger partial charge in [-0.15, -0.1) is 0 Å². The summed E-state index contributed by atoms with van der Waals surface area (Å²) in [7, 11) is 0. The van der Waals surface area contributed by atoms with Crippen molar-refractivity contribution in [1.29, 1.82) is 0 Å². The molecule has 0 bridgehead atoms. The summed E-state index contributed by atoms with van der Waals surface area (Å²) in [6.07, 6.45) is 1.51. The van der Waals surface area contributed by atoms with Gasteiger partial charge in [-0.05, 0) is 28.5 Å². The molecule has 3 aliphatic heterocycles. The van der Waals surface area contributed by atoms with E-state index >= 15 is 0 Å². The zero-order chi connectivity index (χ0) is 14.7. The average molecular weight is 295 g/mol. The van der Waals surface area contributed by atoms with Crippen LogP contribution >= 0.6 is 0 Å². The normalized spacial score (nSPS) is 25.7. The zero-order valence-corrected chi connectivity index (χ0v) is 12.2. The fourth-order valence-electron chi connectivity index (χ4n) is 4.11. The van der Waals surface area contributed by atoms with Crippen LogP contribution in [-0.4, -0.2) is 36.4 Å². The molecule has 2 aromatic carbocycles. The van der Waals surface area contributed by atoms with Crippen molar-refractivity contribution in [1.82, 2.24) is 4.90 Å². The molecule has 4 nitrogen and oxygen atoms in total. The van der Waals surface area contributed by atoms with Crippen molar-refractivity contribution in [2.45, 2.75) is 24.7 Å². The first-order valence-electron chi connectivity index (χ1n) is 7.87. The standard InChI is InChI=1S/C18H17NO3/c20-17-15-10-13-4-2-1-3-12(13)9-14(15)16-11-18(5-6-19(16)17)21-7-8-22-18/h1-4,9-10,16H,5-8,11H2. The maximum absolute atomic E-state index is 12.7. The van der Waals surface area contributed by atoms with Crippen LogP contribution in [0.2, 0.25) is 0 Å². The molecule has 4 heteroatoms. The largest absolute Gasteiger partial charge is 0.347 e. The van der Waals surface area contributed by atoms with Gasteiger partial charge in [-0.2, -0.15) is 0 Å². The fraction of sp³-hybridized carbons (Fsp3) is 0.389. The lowest BCUT2D eigenvalue weighted by atomic mass is 9.91. The van der Waals surface area contributed by atoms with E-state index in [1.54, 1.807) is 0 Å². The van der Waals surface area contributed by atoms with Gasteiger partial charge in [0, 0.05) is 24.9 Å². The van der Waals surface area contributed by atoms with Crippen molar-refractivity contribution < 1.29 is 14.3 Å². The highest BCUT2D eigenvalue weighted by atomic mass is 16.7. The van der Waals surface area contributed by atoms with Crippen LogP contribution in [0.15, 0.2) is 36.4 Å². The molecule has 5 rings (SSSR count). The predicted octanol–water partition coefficient (Wildman–Crippen LogP) is 2.87. The zero-order valence-electron chi connectivity index (χ0n) is 12.2. The summed E-state index contributed by atoms with van der Waals surface area (Å²) in [5.41, 5.74) is 1.97. The molecule has 0 aromatic heterocycles. The van der Waals surface area contributed by atoms with Crippen LogP contribution in [0.4, 0.5) is 0 Å². The molecule has 0 N–H and O–H groups in total. The molecule has 22 heavy (non-hydrogen) atoms. The van der Waals surface area contributed by atoms with Crippen LogP contribution in [0.3, 0.4) is 0 Å². The van der Waals surface area contributed by atoms with Crippen LogP contribution in [0.25, 0.3) is 10.8 Å². The number of ether oxygens (including phenoxy) is 2. The van der Waals surface area contributed by atoms with Crippen LogP contribution in [-0.2, 0) is 9.47 Å². The van der Waals surface area contributed by atoms with Crippen LogP contribution in [0.5, 0.6) is 0 Å². The van der Waals surface area contributed by atoms with Gasteiger partial charge in [0.25, 0.3) is 5.91 Å². The van der Waals surface area contributed by atoms with E-state index < -0.39 is 5.79 Å². The van der Waals surface area contributed by atoms with Gasteiger partial charge in [-0.25, -0.2) is 0 Å². The number of nitrogens with zero attached hydrogens (tertiary/aromatic N) is 1. The Labute approximate surface area is 128 Å². The molecule has 1 spiro atoms. The molecule has 0 aliphatic carbocycles. The SMILES string of the molecule is O=C1c2cc3ccccc3cc2C2CC3(CCN12)OCCO3. The number of piperidine rings is 1. The molecule has 112 valence electrons. The van der Waals surface area contributed by atoms with Crippen LogP contribution in [0.1, 0.15) is 34.8 Å². The number of carbonyl (C=O) groups is 1. The van der Waals surface area contributed by atoms with Gasteiger partial charge >= 0.3 is 0 Å². The minimum atomic E-state index is -0.477. The van der Waals surface area contributed by atoms with Gasteiger partial charge in [0.05, 0.1) is 19.3 Å². The van der Waals surface area contributed by atoms with Crippen molar-refractivity contribution >= 4 is 16.7 Å². The predicted molar refractivity (Wildman–Crippen MR) is 81.6 cm³/mol. The summed E-state index contributed by atoms with van der Waals surface area (Å²) >= 11 is 0. The van der Waals surface area contributed by atoms with Crippen molar-refractivity contribution in [3.05, 3.63) is 47.5 Å². The molecule has 1 unspecified atom stereocenters. The summed E-state index contributed by atoms with van der Waals surface area (Å²) in [5.74, 6) is -0.326. The Bertz CT molecular complexity index is 779. The minimum absolute atomic E-state index is 0.0824. The van der Waals surface area contributed by atoms with Crippen molar-refractivity contribution in [3.63, 3.8) is 0 Å². The van der Waals surface area contributed by atoms with E-state index in [1.807, 2.05) is 23.1 Å². The molecule has 0 radical (unpaired) electrons. The van der Waals surface area contributed by atoms with Crippen molar-refractivity contribution in [3.8, 4) is 0 Å². The number of rotatable bonds is 0. The molecule has 3 heterocycles. The summed E-state index contributed by atoms with van der Waals surface area (Å²) in [4.78, 5) is 14.7. The Hall–Kier alpha value is -1.91. The second kappa shape index (κ2) is 4.31. The lowest BCUT2D eigenvalue weighted by molar-refractivity contribution is -0.191. The Morgan fingerprint density at radius 2 is 1.82 bits per heavy atom. The van der Waals surface area contributed by atoms with Gasteiger partial charge in [-0.3, -0.25) is 4.79 Å². The summed E-state index contributed by atoms with van der Waals surface area (Å²) in [6, 6.07) is 12.5. The first-order valence-corrected chi connectivity index (χ1v) is 7.87. The van der Waals surface area contributed by atoms with Gasteiger partial charge < -0.3 is 14.4 Å². The van der Waals surface area contributed by atoms with E-state index in [0.717, 1.165) is 29.4 Å². The highest BCUT2D eigenvalue weighted by Crippen LogP contribution is 2.47. The maximum Gasteiger partial charge on any atom is 0.254 e. The second-order valence-electron chi connectivity index (χ2n) is 6.36. The average Bonchev–Trinajstić information content (AvgIpc) is 3.10. The molecule has 1 atom stereocenters. The molecule has 1 amide bonds. The quantitative estimate of drug-likeness (QED) is 0.750. The number of hydrogen-bond donors (Lipinski definition) is 0. The lowest BCUT2D eigenvalue weighted by Crippen LogP contribution is -2.46. The van der Waals surface area contributed by atoms with Crippen molar-refractivity contribution in [2.24, 2.45) is 0 Å². The molecular formula is C18H17NO3. The topological polar surface area (TPSA) is 38.8 Å².